The van der Waals surface area contributed by atoms with Gasteiger partial charge in [-0.15, -0.1) is 0 Å². The predicted octanol–water partition coefficient (Wildman–Crippen LogP) is 9.68. The van der Waals surface area contributed by atoms with E-state index >= 15 is 0 Å². The molecule has 194 valence electrons. The van der Waals surface area contributed by atoms with Crippen LogP contribution in [0.15, 0.2) is 162 Å². The van der Waals surface area contributed by atoms with Gasteiger partial charge in [-0.2, -0.15) is 10.0 Å². The molecule has 2 heterocycles. The molecular formula is C35H33N3S. The molecule has 5 aromatic rings. The summed E-state index contributed by atoms with van der Waals surface area (Å²) >= 11 is 0. The first-order chi connectivity index (χ1) is 19.0. The Bertz CT molecular complexity index is 1830. The van der Waals surface area contributed by atoms with Crippen molar-refractivity contribution in [3.8, 4) is 5.69 Å². The summed E-state index contributed by atoms with van der Waals surface area (Å²) in [5.41, 5.74) is 5.40. The first-order valence-electron chi connectivity index (χ1n) is 12.9. The third-order valence-corrected chi connectivity index (χ3v) is 10.9. The van der Waals surface area contributed by atoms with Gasteiger partial charge in [0, 0.05) is 5.69 Å². The van der Waals surface area contributed by atoms with Crippen molar-refractivity contribution in [1.29, 1.82) is 0 Å². The third kappa shape index (κ3) is 4.53. The maximum atomic E-state index is 5.13. The summed E-state index contributed by atoms with van der Waals surface area (Å²) in [4.78, 5) is 8.85. The maximum absolute atomic E-state index is 5.13. The normalized spacial score (nSPS) is 15.3. The van der Waals surface area contributed by atoms with E-state index < -0.39 is 10.0 Å². The van der Waals surface area contributed by atoms with E-state index in [1.165, 1.54) is 14.7 Å². The van der Waals surface area contributed by atoms with Gasteiger partial charge in [0.2, 0.25) is 5.78 Å². The lowest BCUT2D eigenvalue weighted by molar-refractivity contribution is 1.11. The van der Waals surface area contributed by atoms with Crippen LogP contribution in [0.2, 0.25) is 0 Å². The number of para-hydroxylation sites is 3. The lowest BCUT2D eigenvalue weighted by Crippen LogP contribution is -2.03. The van der Waals surface area contributed by atoms with Crippen LogP contribution in [-0.2, 0) is 0 Å². The fourth-order valence-electron chi connectivity index (χ4n) is 4.99. The third-order valence-electron chi connectivity index (χ3n) is 7.03. The van der Waals surface area contributed by atoms with Gasteiger partial charge in [0.15, 0.2) is 0 Å². The molecule has 3 aromatic carbocycles. The molecule has 0 aliphatic carbocycles. The maximum Gasteiger partial charge on any atom is 0.220 e. The number of hydrogen-bond donors (Lipinski definition) is 0. The van der Waals surface area contributed by atoms with Crippen molar-refractivity contribution < 1.29 is 0 Å². The molecule has 3 nitrogen and oxygen atoms in total. The summed E-state index contributed by atoms with van der Waals surface area (Å²) in [6.45, 7) is 13.9. The van der Waals surface area contributed by atoms with Crippen molar-refractivity contribution in [3.63, 3.8) is 0 Å². The van der Waals surface area contributed by atoms with Gasteiger partial charge in [-0.1, -0.05) is 98.7 Å². The van der Waals surface area contributed by atoms with Crippen molar-refractivity contribution in [3.05, 3.63) is 157 Å². The smallest absolute Gasteiger partial charge is 0.220 e. The van der Waals surface area contributed by atoms with Gasteiger partial charge >= 0.3 is 0 Å². The molecule has 0 spiro atoms. The highest BCUT2D eigenvalue weighted by atomic mass is 32.3. The average Bonchev–Trinajstić information content (AvgIpc) is 3.49. The van der Waals surface area contributed by atoms with Crippen LogP contribution in [0.4, 0.5) is 0 Å². The zero-order chi connectivity index (χ0) is 27.4. The summed E-state index contributed by atoms with van der Waals surface area (Å²) in [6, 6.07) is 25.6. The second kappa shape index (κ2) is 11.1. The van der Waals surface area contributed by atoms with Crippen LogP contribution in [0, 0.1) is 0 Å². The molecule has 0 bridgehead atoms. The van der Waals surface area contributed by atoms with Gasteiger partial charge in [0.25, 0.3) is 0 Å². The Balaban J connectivity index is 1.83. The van der Waals surface area contributed by atoms with Crippen LogP contribution in [0.3, 0.4) is 0 Å². The zero-order valence-electron chi connectivity index (χ0n) is 22.5. The average molecular weight is 528 g/mol. The Morgan fingerprint density at radius 2 is 1.49 bits per heavy atom. The van der Waals surface area contributed by atoms with E-state index in [1.807, 2.05) is 30.4 Å². The second-order valence-corrected chi connectivity index (χ2v) is 12.7. The monoisotopic (exact) mass is 527 g/mol. The molecule has 0 radical (unpaired) electrons. The van der Waals surface area contributed by atoms with E-state index in [2.05, 4.69) is 133 Å². The zero-order valence-corrected chi connectivity index (χ0v) is 23.3. The summed E-state index contributed by atoms with van der Waals surface area (Å²) < 4.78 is 4.52. The standard InChI is InChI=1S/C35H33N3S/c1-6-9-12-18-27(4)39(5,29(17-8-3)21-10-7-2)30-24-25-31-34(26-30)38-33-23-16-15-22-32(33)37(35(38)36-31)28-19-13-11-14-20-28/h6-26H,1-3H2,4-5H3/b12-9-,21-10-,27-18+,29-17+. The Morgan fingerprint density at radius 1 is 0.769 bits per heavy atom. The lowest BCUT2D eigenvalue weighted by atomic mass is 10.2. The van der Waals surface area contributed by atoms with Crippen molar-refractivity contribution in [1.82, 2.24) is 14.0 Å². The Morgan fingerprint density at radius 3 is 2.21 bits per heavy atom. The number of benzene rings is 3. The number of nitrogens with zero attached hydrogens (tertiary/aromatic N) is 3. The van der Waals surface area contributed by atoms with Crippen LogP contribution in [-0.4, -0.2) is 20.2 Å². The highest BCUT2D eigenvalue weighted by Crippen LogP contribution is 2.66. The largest absolute Gasteiger partial charge is 0.278 e. The molecule has 0 aliphatic heterocycles. The van der Waals surface area contributed by atoms with Gasteiger partial charge in [0.05, 0.1) is 22.1 Å². The molecule has 5 rings (SSSR count). The molecule has 0 amide bonds. The topological polar surface area (TPSA) is 22.2 Å². The Labute approximate surface area is 232 Å². The molecule has 1 unspecified atom stereocenters. The highest BCUT2D eigenvalue weighted by molar-refractivity contribution is 8.39. The molecule has 0 saturated heterocycles. The molecule has 1 atom stereocenters. The van der Waals surface area contributed by atoms with E-state index in [9.17, 15) is 0 Å². The number of imidazole rings is 2. The number of rotatable bonds is 9. The molecule has 0 saturated carbocycles. The minimum Gasteiger partial charge on any atom is -0.278 e. The Hall–Kier alpha value is -4.54. The minimum absolute atomic E-state index is 0.904. The van der Waals surface area contributed by atoms with E-state index in [0.29, 0.717) is 0 Å². The van der Waals surface area contributed by atoms with Crippen LogP contribution in [0.5, 0.6) is 0 Å². The molecular weight excluding hydrogens is 494 g/mol. The van der Waals surface area contributed by atoms with Gasteiger partial charge in [0.1, 0.15) is 0 Å². The predicted molar refractivity (Wildman–Crippen MR) is 172 cm³/mol. The van der Waals surface area contributed by atoms with Crippen LogP contribution in [0.25, 0.3) is 33.5 Å². The van der Waals surface area contributed by atoms with E-state index in [0.717, 1.165) is 33.5 Å². The molecule has 0 fully saturated rings. The minimum atomic E-state index is -1.61. The molecule has 0 aliphatic rings. The highest BCUT2D eigenvalue weighted by Gasteiger charge is 2.27. The first kappa shape index (κ1) is 26.1. The Kier molecular flexibility index (Phi) is 7.40. The summed E-state index contributed by atoms with van der Waals surface area (Å²) in [6.07, 6.45) is 20.3. The van der Waals surface area contributed by atoms with E-state index in [1.54, 1.807) is 6.08 Å². The summed E-state index contributed by atoms with van der Waals surface area (Å²) in [5.74, 6) is 0.904. The first-order valence-corrected chi connectivity index (χ1v) is 14.9. The molecule has 4 heteroatoms. The van der Waals surface area contributed by atoms with Crippen LogP contribution < -0.4 is 0 Å². The van der Waals surface area contributed by atoms with Gasteiger partial charge in [-0.25, -0.2) is 4.98 Å². The van der Waals surface area contributed by atoms with Crippen molar-refractivity contribution in [2.24, 2.45) is 0 Å². The molecule has 0 N–H and O–H groups in total. The van der Waals surface area contributed by atoms with Gasteiger partial charge in [-0.05, 0) is 76.4 Å². The van der Waals surface area contributed by atoms with Crippen molar-refractivity contribution in [2.75, 3.05) is 6.26 Å². The molecule has 2 aromatic heterocycles. The van der Waals surface area contributed by atoms with E-state index in [-0.39, 0.29) is 0 Å². The summed E-state index contributed by atoms with van der Waals surface area (Å²) in [5, 5.41) is 0. The fourth-order valence-corrected chi connectivity index (χ4v) is 7.76. The van der Waals surface area contributed by atoms with Crippen LogP contribution in [0.1, 0.15) is 6.92 Å². The quantitative estimate of drug-likeness (QED) is 0.175. The van der Waals surface area contributed by atoms with Crippen molar-refractivity contribution >= 4 is 37.9 Å². The number of aromatic nitrogens is 3. The van der Waals surface area contributed by atoms with Crippen LogP contribution >= 0.6 is 10.0 Å². The number of allylic oxidation sites excluding steroid dienone is 10. The fraction of sp³-hybridized carbons (Fsp3) is 0.0571. The summed E-state index contributed by atoms with van der Waals surface area (Å²) in [7, 11) is -1.61. The van der Waals surface area contributed by atoms with Gasteiger partial charge in [-0.3, -0.25) is 8.97 Å². The second-order valence-electron chi connectivity index (χ2n) is 9.27. The molecule has 39 heavy (non-hydrogen) atoms. The number of hydrogen-bond acceptors (Lipinski definition) is 1. The lowest BCUT2D eigenvalue weighted by Gasteiger charge is -2.39. The SMILES string of the molecule is C=C/C=C\C=C(/C)S(C)(C(/C=C\C=C)=C/C=C)c1ccc2nc3n(-c4ccccc4)c4ccccc4n3c2c1. The van der Waals surface area contributed by atoms with Crippen molar-refractivity contribution in [2.45, 2.75) is 11.8 Å². The van der Waals surface area contributed by atoms with E-state index in [4.69, 9.17) is 4.98 Å². The van der Waals surface area contributed by atoms with Gasteiger partial charge < -0.3 is 0 Å². The number of fused-ring (bicyclic) bond motifs is 5.